The third-order valence-corrected chi connectivity index (χ3v) is 7.77. The van der Waals surface area contributed by atoms with E-state index in [1.54, 1.807) is 0 Å². The second-order valence-corrected chi connectivity index (χ2v) is 10.1. The molecule has 0 aliphatic carbocycles. The maximum atomic E-state index is 6.10. The summed E-state index contributed by atoms with van der Waals surface area (Å²) in [6, 6.07) is 34.1. The first-order valence-corrected chi connectivity index (χ1v) is 13.5. The molecule has 168 valence electrons. The van der Waals surface area contributed by atoms with Crippen molar-refractivity contribution in [3.63, 3.8) is 0 Å². The molecular weight excluding hydrogens is 481 g/mol. The minimum Gasteiger partial charge on any atom is -0.237 e. The molecular formula is C28H26OS4. The molecule has 0 unspecified atom stereocenters. The Morgan fingerprint density at radius 3 is 1.33 bits per heavy atom. The van der Waals surface area contributed by atoms with Crippen molar-refractivity contribution in [2.75, 3.05) is 0 Å². The molecule has 0 atom stereocenters. The Kier molecular flexibility index (Phi) is 9.33. The molecule has 33 heavy (non-hydrogen) atoms. The van der Waals surface area contributed by atoms with Gasteiger partial charge in [0.05, 0.1) is 0 Å². The average Bonchev–Trinajstić information content (AvgIpc) is 2.87. The molecule has 1 nitrogen and oxygen atoms in total. The standard InChI is InChI=1S/C28H26OS4/c30-19-23-11-13-27(25(17-23)15-21-7-3-1-4-8-21)32-29-33-28-14-12-24(20-31)18-26(28)16-22-9-5-2-6-10-22/h1-14,17-18,30-31H,15-16,19-20H2. The fourth-order valence-electron chi connectivity index (χ4n) is 3.62. The van der Waals surface area contributed by atoms with Crippen molar-refractivity contribution in [3.8, 4) is 0 Å². The van der Waals surface area contributed by atoms with Crippen LogP contribution in [0, 0.1) is 0 Å². The Morgan fingerprint density at radius 2 is 0.939 bits per heavy atom. The summed E-state index contributed by atoms with van der Waals surface area (Å²) in [5.74, 6) is 1.45. The van der Waals surface area contributed by atoms with Crippen molar-refractivity contribution in [2.45, 2.75) is 34.1 Å². The smallest absolute Gasteiger partial charge is 0.0450 e. The van der Waals surface area contributed by atoms with Crippen molar-refractivity contribution in [1.29, 1.82) is 0 Å². The summed E-state index contributed by atoms with van der Waals surface area (Å²) in [7, 11) is 0. The number of thiol groups is 2. The fourth-order valence-corrected chi connectivity index (χ4v) is 5.46. The largest absolute Gasteiger partial charge is 0.237 e. The quantitative estimate of drug-likeness (QED) is 0.165. The summed E-state index contributed by atoms with van der Waals surface area (Å²) >= 11 is 11.8. The SMILES string of the molecule is SCc1ccc(SOSc2ccc(CS)cc2Cc2ccccc2)c(Cc2ccccc2)c1. The predicted molar refractivity (Wildman–Crippen MR) is 150 cm³/mol. The van der Waals surface area contributed by atoms with E-state index < -0.39 is 0 Å². The zero-order valence-electron chi connectivity index (χ0n) is 18.2. The van der Waals surface area contributed by atoms with Gasteiger partial charge in [-0.2, -0.15) is 25.3 Å². The third kappa shape index (κ3) is 7.11. The predicted octanol–water partition coefficient (Wildman–Crippen LogP) is 8.46. The van der Waals surface area contributed by atoms with Gasteiger partial charge in [0.25, 0.3) is 0 Å². The highest BCUT2D eigenvalue weighted by Gasteiger charge is 2.11. The highest BCUT2D eigenvalue weighted by atomic mass is 32.2. The minimum atomic E-state index is 0.725. The topological polar surface area (TPSA) is 9.23 Å². The van der Waals surface area contributed by atoms with E-state index in [-0.39, 0.29) is 0 Å². The molecule has 0 heterocycles. The minimum absolute atomic E-state index is 0.725. The van der Waals surface area contributed by atoms with Crippen LogP contribution in [0.5, 0.6) is 0 Å². The molecule has 0 aliphatic rings. The molecule has 0 amide bonds. The molecule has 0 bridgehead atoms. The molecule has 0 spiro atoms. The van der Waals surface area contributed by atoms with Gasteiger partial charge in [0.2, 0.25) is 0 Å². The van der Waals surface area contributed by atoms with E-state index in [0.29, 0.717) is 0 Å². The van der Waals surface area contributed by atoms with E-state index in [1.807, 2.05) is 0 Å². The van der Waals surface area contributed by atoms with Crippen LogP contribution < -0.4 is 0 Å². The van der Waals surface area contributed by atoms with Gasteiger partial charge in [0.15, 0.2) is 0 Å². The Balaban J connectivity index is 1.49. The molecule has 0 aromatic heterocycles. The van der Waals surface area contributed by atoms with E-state index >= 15 is 0 Å². The Hall–Kier alpha value is -1.76. The van der Waals surface area contributed by atoms with Crippen LogP contribution in [0.25, 0.3) is 0 Å². The van der Waals surface area contributed by atoms with Crippen molar-refractivity contribution >= 4 is 49.3 Å². The fraction of sp³-hybridized carbons (Fsp3) is 0.143. The van der Waals surface area contributed by atoms with Gasteiger partial charge in [-0.05, 0) is 58.4 Å². The number of benzene rings is 4. The second-order valence-electron chi connectivity index (χ2n) is 7.76. The van der Waals surface area contributed by atoms with Crippen LogP contribution >= 0.6 is 49.3 Å². The molecule has 0 saturated carbocycles. The summed E-state index contributed by atoms with van der Waals surface area (Å²) in [5.41, 5.74) is 7.52. The average molecular weight is 507 g/mol. The molecule has 4 aromatic carbocycles. The van der Waals surface area contributed by atoms with E-state index in [1.165, 1.54) is 57.5 Å². The molecule has 5 heteroatoms. The normalized spacial score (nSPS) is 11.0. The van der Waals surface area contributed by atoms with Crippen LogP contribution in [0.3, 0.4) is 0 Å². The molecule has 0 saturated heterocycles. The molecule has 4 rings (SSSR count). The van der Waals surface area contributed by atoms with E-state index in [0.717, 1.165) is 34.1 Å². The summed E-state index contributed by atoms with van der Waals surface area (Å²) in [5, 5.41) is 0. The molecule has 0 radical (unpaired) electrons. The van der Waals surface area contributed by atoms with Gasteiger partial charge in [0.1, 0.15) is 0 Å². The van der Waals surface area contributed by atoms with Crippen LogP contribution in [-0.4, -0.2) is 0 Å². The molecule has 0 N–H and O–H groups in total. The number of hydrogen-bond acceptors (Lipinski definition) is 5. The Labute approximate surface area is 216 Å². The molecule has 0 aliphatic heterocycles. The first-order chi connectivity index (χ1) is 16.2. The Bertz CT molecular complexity index is 1070. The lowest BCUT2D eigenvalue weighted by atomic mass is 10.0. The summed E-state index contributed by atoms with van der Waals surface area (Å²) < 4.78 is 6.10. The zero-order valence-corrected chi connectivity index (χ0v) is 21.6. The number of hydrogen-bond donors (Lipinski definition) is 2. The maximum absolute atomic E-state index is 6.10. The number of rotatable bonds is 10. The third-order valence-electron chi connectivity index (χ3n) is 5.34. The molecule has 0 fully saturated rings. The lowest BCUT2D eigenvalue weighted by molar-refractivity contribution is 0.753. The summed E-state index contributed by atoms with van der Waals surface area (Å²) in [6.45, 7) is 0. The van der Waals surface area contributed by atoms with Crippen molar-refractivity contribution in [2.24, 2.45) is 0 Å². The van der Waals surface area contributed by atoms with Gasteiger partial charge in [-0.25, -0.2) is 3.63 Å². The van der Waals surface area contributed by atoms with Gasteiger partial charge in [-0.3, -0.25) is 0 Å². The Morgan fingerprint density at radius 1 is 0.515 bits per heavy atom. The van der Waals surface area contributed by atoms with E-state index in [4.69, 9.17) is 3.63 Å². The van der Waals surface area contributed by atoms with Crippen molar-refractivity contribution in [1.82, 2.24) is 0 Å². The zero-order chi connectivity index (χ0) is 22.9. The first-order valence-electron chi connectivity index (χ1n) is 10.8. The lowest BCUT2D eigenvalue weighted by Crippen LogP contribution is -1.94. The van der Waals surface area contributed by atoms with Crippen LogP contribution in [-0.2, 0) is 28.0 Å². The van der Waals surface area contributed by atoms with Crippen LogP contribution in [0.4, 0.5) is 0 Å². The maximum Gasteiger partial charge on any atom is 0.0450 e. The van der Waals surface area contributed by atoms with Crippen LogP contribution in [0.2, 0.25) is 0 Å². The highest BCUT2D eigenvalue weighted by Crippen LogP contribution is 2.35. The first kappa shape index (κ1) is 24.4. The highest BCUT2D eigenvalue weighted by molar-refractivity contribution is 8.08. The molecule has 4 aromatic rings. The summed E-state index contributed by atoms with van der Waals surface area (Å²) in [4.78, 5) is 2.27. The lowest BCUT2D eigenvalue weighted by Gasteiger charge is -2.13. The van der Waals surface area contributed by atoms with Gasteiger partial charge in [-0.15, -0.1) is 0 Å². The summed E-state index contributed by atoms with van der Waals surface area (Å²) in [6.07, 6.45) is 1.74. The monoisotopic (exact) mass is 506 g/mol. The van der Waals surface area contributed by atoms with Crippen molar-refractivity contribution < 1.29 is 3.63 Å². The van der Waals surface area contributed by atoms with Gasteiger partial charge in [0, 0.05) is 45.4 Å². The van der Waals surface area contributed by atoms with Gasteiger partial charge >= 0.3 is 0 Å². The van der Waals surface area contributed by atoms with Crippen LogP contribution in [0.15, 0.2) is 107 Å². The van der Waals surface area contributed by atoms with Gasteiger partial charge < -0.3 is 0 Å². The van der Waals surface area contributed by atoms with Crippen molar-refractivity contribution in [3.05, 3.63) is 130 Å². The van der Waals surface area contributed by atoms with E-state index in [9.17, 15) is 0 Å². The van der Waals surface area contributed by atoms with Gasteiger partial charge in [-0.1, -0.05) is 84.9 Å². The van der Waals surface area contributed by atoms with E-state index in [2.05, 4.69) is 122 Å². The van der Waals surface area contributed by atoms with Crippen LogP contribution in [0.1, 0.15) is 33.4 Å². The second kappa shape index (κ2) is 12.6.